The van der Waals surface area contributed by atoms with Crippen molar-refractivity contribution >= 4 is 21.9 Å². The molecule has 2 aromatic heterocycles. The van der Waals surface area contributed by atoms with Crippen LogP contribution >= 0.6 is 0 Å². The lowest BCUT2D eigenvalue weighted by Gasteiger charge is -2.37. The summed E-state index contributed by atoms with van der Waals surface area (Å²) in [5.74, 6) is 10.9. The van der Waals surface area contributed by atoms with Crippen molar-refractivity contribution < 1.29 is 8.83 Å². The maximum absolute atomic E-state index is 12.2. The predicted octanol–water partition coefficient (Wildman–Crippen LogP) is 33.0. The Balaban J connectivity index is 0.000000209. The van der Waals surface area contributed by atoms with Crippen LogP contribution in [0.4, 0.5) is 0 Å². The smallest absolute Gasteiger partial charge is 0.344 e. The van der Waals surface area contributed by atoms with Gasteiger partial charge in [-0.1, -0.05) is 410 Å². The van der Waals surface area contributed by atoms with Crippen LogP contribution in [0.15, 0.2) is 188 Å². The van der Waals surface area contributed by atoms with Gasteiger partial charge in [-0.25, -0.2) is 9.59 Å². The highest BCUT2D eigenvalue weighted by Crippen LogP contribution is 2.44. The second kappa shape index (κ2) is 52.4. The molecule has 4 heteroatoms. The van der Waals surface area contributed by atoms with E-state index in [0.29, 0.717) is 22.3 Å². The monoisotopic (exact) mass is 1520 g/mol. The lowest BCUT2D eigenvalue weighted by atomic mass is 9.68. The number of rotatable bonds is 18. The first-order chi connectivity index (χ1) is 54.7. The highest BCUT2D eigenvalue weighted by Gasteiger charge is 2.31. The Hall–Kier alpha value is -7.04. The highest BCUT2D eigenvalue weighted by molar-refractivity contribution is 5.83. The van der Waals surface area contributed by atoms with Crippen LogP contribution in [0.1, 0.15) is 324 Å². The van der Waals surface area contributed by atoms with E-state index in [0.717, 1.165) is 113 Å². The summed E-state index contributed by atoms with van der Waals surface area (Å²) < 4.78 is 11.0. The lowest BCUT2D eigenvalue weighted by molar-refractivity contribution is 0.144. The Labute approximate surface area is 684 Å². The van der Waals surface area contributed by atoms with E-state index in [1.54, 1.807) is 57.8 Å². The van der Waals surface area contributed by atoms with E-state index in [2.05, 4.69) is 173 Å². The Morgan fingerprint density at radius 3 is 0.714 bits per heavy atom. The van der Waals surface area contributed by atoms with Gasteiger partial charge in [0.05, 0.1) is 11.1 Å². The molecule has 5 aliphatic rings. The zero-order valence-electron chi connectivity index (χ0n) is 74.2. The third-order valence-electron chi connectivity index (χ3n) is 26.2. The van der Waals surface area contributed by atoms with E-state index in [9.17, 15) is 9.59 Å². The number of benzene rings is 7. The van der Waals surface area contributed by atoms with Crippen LogP contribution in [-0.4, -0.2) is 0 Å². The van der Waals surface area contributed by atoms with Crippen LogP contribution in [0, 0.1) is 66.1 Å². The largest absolute Gasteiger partial charge is 0.422 e. The van der Waals surface area contributed by atoms with Crippen LogP contribution in [-0.2, 0) is 32.1 Å². The van der Waals surface area contributed by atoms with Gasteiger partial charge in [0.15, 0.2) is 0 Å². The fourth-order valence-electron chi connectivity index (χ4n) is 17.9. The first-order valence-electron chi connectivity index (χ1n) is 46.3. The molecule has 612 valence electrons. The first kappa shape index (κ1) is 93.8. The first-order valence-corrected chi connectivity index (χ1v) is 46.3. The van der Waals surface area contributed by atoms with Crippen LogP contribution in [0.25, 0.3) is 66.4 Å². The minimum absolute atomic E-state index is 0.278. The Bertz CT molecular complexity index is 3930. The molecule has 0 amide bonds. The summed E-state index contributed by atoms with van der Waals surface area (Å²) in [6, 6.07) is 58.4. The quantitative estimate of drug-likeness (QED) is 0.0803. The Morgan fingerprint density at radius 1 is 0.250 bits per heavy atom. The SMILES string of the molecule is CC.CC.CC.CCC1CCC(C2CCC(CC)CC2)CC1.CCC1CCC(CC)CC1.CCC1CCC(CC2CCC(CC)CC2)CC1.CCc1ccc(-c2cc3ccc(CC)cc3oc2=O)cc1.CCc1ccc(-c2ccc(-c3ccc(CC)cc3)cc2)cc1.CCc1ccc2cc(-c3ccc(C)cc3)c(=O)oc2c1. The molecule has 0 radical (unpaired) electrons. The summed E-state index contributed by atoms with van der Waals surface area (Å²) >= 11 is 0. The van der Waals surface area contributed by atoms with Gasteiger partial charge < -0.3 is 8.83 Å². The zero-order chi connectivity index (χ0) is 81.2. The van der Waals surface area contributed by atoms with Gasteiger partial charge in [-0.3, -0.25) is 0 Å². The Kier molecular flexibility index (Phi) is 43.9. The van der Waals surface area contributed by atoms with E-state index in [1.165, 1.54) is 171 Å². The van der Waals surface area contributed by atoms with Crippen molar-refractivity contribution in [3.05, 3.63) is 224 Å². The normalized spacial score (nSPS) is 21.1. The molecule has 0 saturated heterocycles. The van der Waals surface area contributed by atoms with Crippen molar-refractivity contribution in [2.24, 2.45) is 59.2 Å². The minimum atomic E-state index is -0.283. The molecule has 0 aliphatic heterocycles. The highest BCUT2D eigenvalue weighted by atomic mass is 16.4. The molecule has 112 heavy (non-hydrogen) atoms. The van der Waals surface area contributed by atoms with Gasteiger partial charge in [0.2, 0.25) is 0 Å². The third-order valence-corrected chi connectivity index (χ3v) is 26.2. The van der Waals surface area contributed by atoms with Crippen LogP contribution in [0.5, 0.6) is 0 Å². The van der Waals surface area contributed by atoms with Crippen LogP contribution < -0.4 is 11.3 Å². The second-order valence-corrected chi connectivity index (χ2v) is 32.8. The maximum Gasteiger partial charge on any atom is 0.344 e. The minimum Gasteiger partial charge on any atom is -0.422 e. The average Bonchev–Trinajstić information content (AvgIpc) is 0.799. The van der Waals surface area contributed by atoms with Crippen molar-refractivity contribution in [3.63, 3.8) is 0 Å². The molecule has 0 N–H and O–H groups in total. The van der Waals surface area contributed by atoms with Gasteiger partial charge in [0, 0.05) is 10.8 Å². The van der Waals surface area contributed by atoms with Gasteiger partial charge in [-0.15, -0.1) is 0 Å². The van der Waals surface area contributed by atoms with E-state index in [1.807, 2.05) is 121 Å². The van der Waals surface area contributed by atoms with Gasteiger partial charge in [0.1, 0.15) is 11.2 Å². The summed E-state index contributed by atoms with van der Waals surface area (Å²) in [4.78, 5) is 24.4. The van der Waals surface area contributed by atoms with Gasteiger partial charge in [0.25, 0.3) is 0 Å². The summed E-state index contributed by atoms with van der Waals surface area (Å²) in [5.41, 5.74) is 16.5. The second-order valence-electron chi connectivity index (χ2n) is 32.8. The molecule has 14 rings (SSSR count). The maximum atomic E-state index is 12.2. The lowest BCUT2D eigenvalue weighted by Crippen LogP contribution is -2.25. The molecular weight excluding hydrogens is 1360 g/mol. The van der Waals surface area contributed by atoms with Gasteiger partial charge in [-0.05, 0) is 216 Å². The molecule has 5 fully saturated rings. The van der Waals surface area contributed by atoms with Crippen molar-refractivity contribution in [1.29, 1.82) is 0 Å². The van der Waals surface area contributed by atoms with Crippen molar-refractivity contribution in [3.8, 4) is 44.5 Å². The van der Waals surface area contributed by atoms with Crippen molar-refractivity contribution in [2.75, 3.05) is 0 Å². The molecule has 4 nitrogen and oxygen atoms in total. The molecular formula is C108H156O4. The summed E-state index contributed by atoms with van der Waals surface area (Å²) in [5, 5.41) is 1.92. The third kappa shape index (κ3) is 30.0. The summed E-state index contributed by atoms with van der Waals surface area (Å²) in [6.07, 6.45) is 45.9. The summed E-state index contributed by atoms with van der Waals surface area (Å²) in [6.45, 7) is 38.8. The van der Waals surface area contributed by atoms with E-state index in [4.69, 9.17) is 8.83 Å². The number of hydrogen-bond acceptors (Lipinski definition) is 4. The predicted molar refractivity (Wildman–Crippen MR) is 492 cm³/mol. The molecule has 2 heterocycles. The van der Waals surface area contributed by atoms with E-state index in [-0.39, 0.29) is 11.3 Å². The molecule has 9 aromatic rings. The molecule has 0 spiro atoms. The average molecular weight is 1520 g/mol. The number of aryl methyl sites for hydroxylation is 6. The number of fused-ring (bicyclic) bond motifs is 2. The van der Waals surface area contributed by atoms with Crippen molar-refractivity contribution in [1.82, 2.24) is 0 Å². The molecule has 0 unspecified atom stereocenters. The molecule has 5 aliphatic carbocycles. The van der Waals surface area contributed by atoms with Gasteiger partial charge in [-0.2, -0.15) is 0 Å². The standard InChI is InChI=1S/C22H22.C19H18O2.C18H16O2.C17H32.C16H30.C10H20.3C2H6/c1-3-17-5-9-19(10-6-17)21-13-15-22(16-14-21)20-11-7-18(4-2)8-12-20;1-3-13-5-8-15(9-6-13)17-12-16-10-7-14(4-2)11-18(16)21-19(17)20;1-3-13-6-9-15-11-16(18(19)20-17(15)10-13)14-7-4-12(2)5-8-14;1-3-14-5-9-16(10-6-14)13-17-11-7-15(4-2)8-12-17;1-3-13-5-9-15(10-6-13)16-11-7-14(4-2)8-12-16;1-3-9-5-7-10(4-2)8-6-9;3*1-2/h5-16H,3-4H2,1-2H3;5-12H,3-4H2,1-2H3;4-11H,3H2,1-2H3;14-17H,3-13H2,1-2H3;13-16H,3-12H2,1-2H3;9-10H,3-8H2,1-2H3;3*1-2H3. The van der Waals surface area contributed by atoms with Crippen molar-refractivity contribution in [2.45, 2.75) is 330 Å². The number of hydrogen-bond donors (Lipinski definition) is 0. The van der Waals surface area contributed by atoms with Gasteiger partial charge >= 0.3 is 11.3 Å². The van der Waals surface area contributed by atoms with Crippen LogP contribution in [0.2, 0.25) is 0 Å². The molecule has 0 atom stereocenters. The summed E-state index contributed by atoms with van der Waals surface area (Å²) in [7, 11) is 0. The topological polar surface area (TPSA) is 60.4 Å². The fourth-order valence-corrected chi connectivity index (χ4v) is 17.9. The van der Waals surface area contributed by atoms with E-state index < -0.39 is 0 Å². The van der Waals surface area contributed by atoms with E-state index >= 15 is 0 Å². The molecule has 0 bridgehead atoms. The molecule has 5 saturated carbocycles. The zero-order valence-corrected chi connectivity index (χ0v) is 74.2. The molecule has 7 aromatic carbocycles. The van der Waals surface area contributed by atoms with Crippen LogP contribution in [0.3, 0.4) is 0 Å². The Morgan fingerprint density at radius 2 is 0.464 bits per heavy atom. The fraction of sp³-hybridized carbons (Fsp3) is 0.556.